The quantitative estimate of drug-likeness (QED) is 0.355. The first kappa shape index (κ1) is 17.2. The average molecular weight is 327 g/mol. The molecule has 3 rings (SSSR count). The Bertz CT molecular complexity index is 660. The third-order valence-electron chi connectivity index (χ3n) is 5.69. The fraction of sp³-hybridized carbons (Fsp3) is 0.619. The summed E-state index contributed by atoms with van der Waals surface area (Å²) in [7, 11) is 0. The van der Waals surface area contributed by atoms with Gasteiger partial charge in [0.25, 0.3) is 0 Å². The summed E-state index contributed by atoms with van der Waals surface area (Å²) in [4.78, 5) is 11.6. The number of fused-ring (bicyclic) bond motifs is 3. The van der Waals surface area contributed by atoms with E-state index >= 15 is 0 Å². The second-order valence-corrected chi connectivity index (χ2v) is 7.96. The van der Waals surface area contributed by atoms with E-state index in [1.807, 2.05) is 6.07 Å². The molecule has 1 heterocycles. The standard InChI is InChI=1S/C21H29NO2/c1-5-6-7-8-15-12-18(22-23)20-16-11-14(2)9-10-17(16)21(3,4)24-19(20)13-15/h11-13,16-17H,5-10H2,1-4H3. The highest BCUT2D eigenvalue weighted by Crippen LogP contribution is 2.53. The number of rotatable bonds is 5. The molecule has 2 unspecified atom stereocenters. The Morgan fingerprint density at radius 2 is 2.08 bits per heavy atom. The number of aryl methyl sites for hydroxylation is 1. The van der Waals surface area contributed by atoms with Gasteiger partial charge < -0.3 is 4.74 Å². The van der Waals surface area contributed by atoms with Gasteiger partial charge in [-0.15, -0.1) is 4.91 Å². The van der Waals surface area contributed by atoms with Crippen LogP contribution in [0.2, 0.25) is 0 Å². The van der Waals surface area contributed by atoms with Crippen LogP contribution < -0.4 is 4.74 Å². The topological polar surface area (TPSA) is 38.7 Å². The molecule has 0 N–H and O–H groups in total. The minimum absolute atomic E-state index is 0.211. The molecule has 24 heavy (non-hydrogen) atoms. The molecule has 130 valence electrons. The molecule has 1 aliphatic carbocycles. The van der Waals surface area contributed by atoms with Gasteiger partial charge in [-0.2, -0.15) is 0 Å². The molecule has 0 aromatic heterocycles. The Morgan fingerprint density at radius 3 is 2.79 bits per heavy atom. The van der Waals surface area contributed by atoms with Crippen molar-refractivity contribution in [2.75, 3.05) is 0 Å². The Hall–Kier alpha value is -1.64. The van der Waals surface area contributed by atoms with E-state index in [2.05, 4.69) is 45.0 Å². The first-order chi connectivity index (χ1) is 11.5. The SMILES string of the molecule is CCCCCc1cc(N=O)c2c(c1)OC(C)(C)C1CCC(C)=CC21. The normalized spacial score (nSPS) is 24.4. The van der Waals surface area contributed by atoms with Gasteiger partial charge in [0.15, 0.2) is 0 Å². The van der Waals surface area contributed by atoms with Crippen LogP contribution in [0.1, 0.15) is 76.8 Å². The highest BCUT2D eigenvalue weighted by Gasteiger charge is 2.45. The van der Waals surface area contributed by atoms with Gasteiger partial charge in [0, 0.05) is 17.4 Å². The molecule has 0 fully saturated rings. The Labute approximate surface area is 145 Å². The predicted molar refractivity (Wildman–Crippen MR) is 99.1 cm³/mol. The third-order valence-corrected chi connectivity index (χ3v) is 5.69. The van der Waals surface area contributed by atoms with Crippen LogP contribution in [-0.4, -0.2) is 5.60 Å². The van der Waals surface area contributed by atoms with E-state index < -0.39 is 0 Å². The van der Waals surface area contributed by atoms with Gasteiger partial charge in [0.1, 0.15) is 17.0 Å². The molecule has 2 aliphatic rings. The summed E-state index contributed by atoms with van der Waals surface area (Å²) in [5.41, 5.74) is 3.95. The number of ether oxygens (including phenoxy) is 1. The van der Waals surface area contributed by atoms with Gasteiger partial charge in [-0.25, -0.2) is 0 Å². The van der Waals surface area contributed by atoms with Crippen molar-refractivity contribution in [3.05, 3.63) is 39.8 Å². The second-order valence-electron chi connectivity index (χ2n) is 7.96. The van der Waals surface area contributed by atoms with Crippen molar-refractivity contribution in [2.45, 2.75) is 77.7 Å². The molecule has 1 aromatic carbocycles. The van der Waals surface area contributed by atoms with Crippen molar-refractivity contribution in [1.29, 1.82) is 0 Å². The maximum Gasteiger partial charge on any atom is 0.126 e. The van der Waals surface area contributed by atoms with Crippen molar-refractivity contribution >= 4 is 5.69 Å². The first-order valence-corrected chi connectivity index (χ1v) is 9.32. The van der Waals surface area contributed by atoms with E-state index in [1.165, 1.54) is 24.0 Å². The van der Waals surface area contributed by atoms with Crippen molar-refractivity contribution in [2.24, 2.45) is 11.1 Å². The van der Waals surface area contributed by atoms with Crippen molar-refractivity contribution in [3.8, 4) is 5.75 Å². The van der Waals surface area contributed by atoms with Gasteiger partial charge in [-0.05, 0) is 69.3 Å². The number of unbranched alkanes of at least 4 members (excludes halogenated alkanes) is 2. The zero-order valence-electron chi connectivity index (χ0n) is 15.4. The number of allylic oxidation sites excluding steroid dienone is 2. The predicted octanol–water partition coefficient (Wildman–Crippen LogP) is 6.43. The maximum absolute atomic E-state index is 11.6. The van der Waals surface area contributed by atoms with Gasteiger partial charge in [-0.1, -0.05) is 31.4 Å². The third kappa shape index (κ3) is 3.13. The van der Waals surface area contributed by atoms with Crippen LogP contribution in [0.3, 0.4) is 0 Å². The van der Waals surface area contributed by atoms with Gasteiger partial charge in [0.05, 0.1) is 0 Å². The molecule has 3 nitrogen and oxygen atoms in total. The second kappa shape index (κ2) is 6.70. The molecular formula is C21H29NO2. The van der Waals surface area contributed by atoms with Crippen LogP contribution >= 0.6 is 0 Å². The Kier molecular flexibility index (Phi) is 4.80. The number of nitroso groups, excluding NO2 is 1. The van der Waals surface area contributed by atoms with E-state index in [9.17, 15) is 4.91 Å². The molecule has 0 saturated heterocycles. The van der Waals surface area contributed by atoms with Crippen LogP contribution in [0.4, 0.5) is 5.69 Å². The fourth-order valence-corrected chi connectivity index (χ4v) is 4.38. The van der Waals surface area contributed by atoms with Gasteiger partial charge >= 0.3 is 0 Å². The fourth-order valence-electron chi connectivity index (χ4n) is 4.38. The zero-order chi connectivity index (χ0) is 17.3. The summed E-state index contributed by atoms with van der Waals surface area (Å²) < 4.78 is 6.39. The van der Waals surface area contributed by atoms with E-state index in [0.717, 1.165) is 37.0 Å². The molecular weight excluding hydrogens is 298 g/mol. The lowest BCUT2D eigenvalue weighted by Gasteiger charge is -2.46. The summed E-state index contributed by atoms with van der Waals surface area (Å²) in [5, 5.41) is 3.38. The summed E-state index contributed by atoms with van der Waals surface area (Å²) in [5.74, 6) is 1.52. The summed E-state index contributed by atoms with van der Waals surface area (Å²) in [6.07, 6.45) is 9.08. The molecule has 0 radical (unpaired) electrons. The monoisotopic (exact) mass is 327 g/mol. The van der Waals surface area contributed by atoms with Gasteiger partial charge in [0.2, 0.25) is 0 Å². The first-order valence-electron chi connectivity index (χ1n) is 9.32. The number of hydrogen-bond acceptors (Lipinski definition) is 3. The summed E-state index contributed by atoms with van der Waals surface area (Å²) in [6, 6.07) is 4.13. The molecule has 0 bridgehead atoms. The largest absolute Gasteiger partial charge is 0.487 e. The van der Waals surface area contributed by atoms with Crippen molar-refractivity contribution in [1.82, 2.24) is 0 Å². The highest BCUT2D eigenvalue weighted by atomic mass is 16.5. The van der Waals surface area contributed by atoms with Gasteiger partial charge in [-0.3, -0.25) is 0 Å². The van der Waals surface area contributed by atoms with Crippen LogP contribution in [0.25, 0.3) is 0 Å². The lowest BCUT2D eigenvalue weighted by atomic mass is 9.68. The van der Waals surface area contributed by atoms with Crippen LogP contribution in [0.5, 0.6) is 5.75 Å². The smallest absolute Gasteiger partial charge is 0.126 e. The van der Waals surface area contributed by atoms with E-state index in [4.69, 9.17) is 4.74 Å². The van der Waals surface area contributed by atoms with Crippen LogP contribution in [0, 0.1) is 10.8 Å². The minimum Gasteiger partial charge on any atom is -0.487 e. The molecule has 1 aromatic rings. The molecule has 2 atom stereocenters. The molecule has 0 saturated carbocycles. The lowest BCUT2D eigenvalue weighted by Crippen LogP contribution is -2.45. The Morgan fingerprint density at radius 1 is 1.29 bits per heavy atom. The number of nitrogens with zero attached hydrogens (tertiary/aromatic N) is 1. The lowest BCUT2D eigenvalue weighted by molar-refractivity contribution is 0.0118. The van der Waals surface area contributed by atoms with E-state index in [0.29, 0.717) is 11.6 Å². The average Bonchev–Trinajstić information content (AvgIpc) is 2.53. The number of hydrogen-bond donors (Lipinski definition) is 0. The number of benzene rings is 1. The van der Waals surface area contributed by atoms with Crippen molar-refractivity contribution in [3.63, 3.8) is 0 Å². The minimum atomic E-state index is -0.211. The molecule has 3 heteroatoms. The Balaban J connectivity index is 2.05. The molecule has 0 spiro atoms. The zero-order valence-corrected chi connectivity index (χ0v) is 15.4. The molecule has 1 aliphatic heterocycles. The van der Waals surface area contributed by atoms with Crippen LogP contribution in [0.15, 0.2) is 29.0 Å². The van der Waals surface area contributed by atoms with Crippen molar-refractivity contribution < 1.29 is 4.74 Å². The maximum atomic E-state index is 11.6. The summed E-state index contributed by atoms with van der Waals surface area (Å²) in [6.45, 7) is 8.75. The van der Waals surface area contributed by atoms with Crippen LogP contribution in [-0.2, 0) is 6.42 Å². The van der Waals surface area contributed by atoms with E-state index in [-0.39, 0.29) is 11.5 Å². The summed E-state index contributed by atoms with van der Waals surface area (Å²) >= 11 is 0. The highest BCUT2D eigenvalue weighted by molar-refractivity contribution is 5.61. The van der Waals surface area contributed by atoms with E-state index in [1.54, 1.807) is 0 Å². The molecule has 0 amide bonds.